The minimum Gasteiger partial charge on any atom is -0.462 e. The number of aliphatic hydroxyl groups is 2. The normalized spacial score (nSPS) is 13.4. The first-order valence-electron chi connectivity index (χ1n) is 28.2. The predicted molar refractivity (Wildman–Crippen MR) is 278 cm³/mol. The Morgan fingerprint density at radius 1 is 0.469 bits per heavy atom. The van der Waals surface area contributed by atoms with E-state index < -0.39 is 18.2 Å². The Hall–Kier alpha value is -1.92. The van der Waals surface area contributed by atoms with Gasteiger partial charge in [-0.25, -0.2) is 0 Å². The number of carbonyl (C=O) groups is 2. The summed E-state index contributed by atoms with van der Waals surface area (Å²) in [6.07, 6.45) is 62.1. The van der Waals surface area contributed by atoms with E-state index in [9.17, 15) is 19.8 Å². The van der Waals surface area contributed by atoms with Gasteiger partial charge in [0.15, 0.2) is 0 Å². The van der Waals surface area contributed by atoms with Crippen molar-refractivity contribution in [2.45, 2.75) is 315 Å². The van der Waals surface area contributed by atoms with Crippen LogP contribution in [0.5, 0.6) is 0 Å². The smallest absolute Gasteiger partial charge is 0.306 e. The van der Waals surface area contributed by atoms with E-state index in [1.807, 2.05) is 0 Å². The Balaban J connectivity index is 4.54. The van der Waals surface area contributed by atoms with Gasteiger partial charge >= 0.3 is 5.97 Å². The molecule has 0 saturated carbocycles. The molecule has 6 nitrogen and oxygen atoms in total. The monoisotopic (exact) mass is 900 g/mol. The summed E-state index contributed by atoms with van der Waals surface area (Å²) < 4.78 is 5.95. The first-order valence-corrected chi connectivity index (χ1v) is 28.2. The van der Waals surface area contributed by atoms with Crippen molar-refractivity contribution >= 4 is 11.9 Å². The summed E-state index contributed by atoms with van der Waals surface area (Å²) in [7, 11) is 0. The van der Waals surface area contributed by atoms with E-state index in [0.717, 1.165) is 77.0 Å². The summed E-state index contributed by atoms with van der Waals surface area (Å²) in [4.78, 5) is 26.2. The molecule has 0 aliphatic heterocycles. The zero-order valence-corrected chi connectivity index (χ0v) is 42.9. The van der Waals surface area contributed by atoms with Crippen molar-refractivity contribution in [3.05, 3.63) is 36.5 Å². The molecule has 0 aliphatic carbocycles. The van der Waals surface area contributed by atoms with Crippen LogP contribution < -0.4 is 5.32 Å². The van der Waals surface area contributed by atoms with Crippen LogP contribution in [0, 0.1) is 0 Å². The molecule has 0 rings (SSSR count). The Kier molecular flexibility index (Phi) is 50.5. The van der Waals surface area contributed by atoms with Crippen molar-refractivity contribution in [2.24, 2.45) is 0 Å². The standard InChI is InChI=1S/C58H109NO5/c1-4-7-10-13-16-19-22-25-28-30-32-35-38-41-44-47-50-56(61)55(53-60)59-57(62)52-54(49-46-43-40-37-34-31-29-26-23-20-17-14-11-8-5-2)64-58(63)51-48-45-42-39-36-33-27-24-21-18-15-12-9-6-3/h9,12,18,21,26,29,54-56,60-61H,4-8,10-11,13-17,19-20,22-25,27-28,30-53H2,1-3H3,(H,59,62)/b12-9+,21-18+,29-26+. The van der Waals surface area contributed by atoms with Gasteiger partial charge in [0.25, 0.3) is 0 Å². The number of carbonyl (C=O) groups excluding carboxylic acids is 2. The summed E-state index contributed by atoms with van der Waals surface area (Å²) in [6, 6.07) is -0.704. The molecule has 1 amide bonds. The second kappa shape index (κ2) is 52.1. The molecule has 64 heavy (non-hydrogen) atoms. The van der Waals surface area contributed by atoms with Crippen LogP contribution >= 0.6 is 0 Å². The molecule has 3 atom stereocenters. The third kappa shape index (κ3) is 46.6. The number of ether oxygens (including phenoxy) is 1. The van der Waals surface area contributed by atoms with Crippen LogP contribution in [0.2, 0.25) is 0 Å². The van der Waals surface area contributed by atoms with E-state index >= 15 is 0 Å². The number of hydrogen-bond acceptors (Lipinski definition) is 5. The van der Waals surface area contributed by atoms with E-state index in [4.69, 9.17) is 4.74 Å². The number of rotatable bonds is 51. The molecule has 0 aromatic heterocycles. The highest BCUT2D eigenvalue weighted by Crippen LogP contribution is 2.18. The van der Waals surface area contributed by atoms with Crippen LogP contribution in [-0.2, 0) is 14.3 Å². The molecule has 0 fully saturated rings. The molecule has 0 spiro atoms. The van der Waals surface area contributed by atoms with Crippen LogP contribution in [0.1, 0.15) is 297 Å². The maximum Gasteiger partial charge on any atom is 0.306 e. The summed E-state index contributed by atoms with van der Waals surface area (Å²) >= 11 is 0. The quantitative estimate of drug-likeness (QED) is 0.0321. The first kappa shape index (κ1) is 62.1. The first-order chi connectivity index (χ1) is 31.5. The number of hydrogen-bond donors (Lipinski definition) is 3. The highest BCUT2D eigenvalue weighted by molar-refractivity contribution is 5.77. The van der Waals surface area contributed by atoms with Gasteiger partial charge in [-0.1, -0.05) is 243 Å². The predicted octanol–water partition coefficient (Wildman–Crippen LogP) is 17.2. The molecule has 0 saturated heterocycles. The van der Waals surface area contributed by atoms with Gasteiger partial charge in [0.2, 0.25) is 5.91 Å². The van der Waals surface area contributed by atoms with Gasteiger partial charge in [0.05, 0.1) is 25.2 Å². The number of allylic oxidation sites excluding steroid dienone is 6. The number of esters is 1. The summed E-state index contributed by atoms with van der Waals surface area (Å²) in [5.41, 5.74) is 0. The lowest BCUT2D eigenvalue weighted by Crippen LogP contribution is -2.46. The minimum atomic E-state index is -0.790. The Morgan fingerprint density at radius 3 is 1.28 bits per heavy atom. The summed E-state index contributed by atoms with van der Waals surface area (Å²) in [5, 5.41) is 23.9. The molecule has 0 bridgehead atoms. The maximum absolute atomic E-state index is 13.3. The number of unbranched alkanes of at least 4 members (excludes halogenated alkanes) is 33. The minimum absolute atomic E-state index is 0.0715. The fourth-order valence-electron chi connectivity index (χ4n) is 8.70. The number of nitrogens with one attached hydrogen (secondary N) is 1. The van der Waals surface area contributed by atoms with Crippen LogP contribution in [0.3, 0.4) is 0 Å². The third-order valence-corrected chi connectivity index (χ3v) is 13.0. The lowest BCUT2D eigenvalue weighted by molar-refractivity contribution is -0.151. The van der Waals surface area contributed by atoms with Crippen LogP contribution in [0.15, 0.2) is 36.5 Å². The van der Waals surface area contributed by atoms with Gasteiger partial charge in [-0.3, -0.25) is 9.59 Å². The molecule has 0 radical (unpaired) electrons. The largest absolute Gasteiger partial charge is 0.462 e. The highest BCUT2D eigenvalue weighted by atomic mass is 16.5. The van der Waals surface area contributed by atoms with Gasteiger partial charge in [-0.15, -0.1) is 0 Å². The molecule has 0 aliphatic rings. The van der Waals surface area contributed by atoms with Crippen molar-refractivity contribution in [1.29, 1.82) is 0 Å². The molecular weight excluding hydrogens is 791 g/mol. The average molecular weight is 901 g/mol. The van der Waals surface area contributed by atoms with E-state index in [1.54, 1.807) is 0 Å². The van der Waals surface area contributed by atoms with Crippen molar-refractivity contribution in [3.8, 4) is 0 Å². The fourth-order valence-corrected chi connectivity index (χ4v) is 8.70. The molecule has 3 N–H and O–H groups in total. The van der Waals surface area contributed by atoms with Gasteiger partial charge in [-0.05, 0) is 77.0 Å². The summed E-state index contributed by atoms with van der Waals surface area (Å²) in [5.74, 6) is -0.479. The van der Waals surface area contributed by atoms with E-state index in [2.05, 4.69) is 62.5 Å². The van der Waals surface area contributed by atoms with Gasteiger partial charge in [-0.2, -0.15) is 0 Å². The lowest BCUT2D eigenvalue weighted by atomic mass is 10.0. The maximum atomic E-state index is 13.3. The van der Waals surface area contributed by atoms with Crippen LogP contribution in [-0.4, -0.2) is 46.9 Å². The number of aliphatic hydroxyl groups excluding tert-OH is 2. The Bertz CT molecular complexity index is 1060. The van der Waals surface area contributed by atoms with Gasteiger partial charge < -0.3 is 20.3 Å². The van der Waals surface area contributed by atoms with Crippen molar-refractivity contribution < 1.29 is 24.5 Å². The molecular formula is C58H109NO5. The molecule has 0 aromatic rings. The van der Waals surface area contributed by atoms with Crippen molar-refractivity contribution in [2.75, 3.05) is 6.61 Å². The van der Waals surface area contributed by atoms with E-state index in [0.29, 0.717) is 19.3 Å². The Labute approximate surface area is 398 Å². The van der Waals surface area contributed by atoms with Crippen molar-refractivity contribution in [3.63, 3.8) is 0 Å². The summed E-state index contributed by atoms with van der Waals surface area (Å²) in [6.45, 7) is 6.40. The molecule has 0 heterocycles. The van der Waals surface area contributed by atoms with Gasteiger partial charge in [0.1, 0.15) is 6.10 Å². The zero-order chi connectivity index (χ0) is 46.7. The molecule has 3 unspecified atom stereocenters. The second-order valence-electron chi connectivity index (χ2n) is 19.3. The van der Waals surface area contributed by atoms with Crippen LogP contribution in [0.25, 0.3) is 0 Å². The molecule has 6 heteroatoms. The van der Waals surface area contributed by atoms with E-state index in [-0.39, 0.29) is 24.9 Å². The van der Waals surface area contributed by atoms with Crippen LogP contribution in [0.4, 0.5) is 0 Å². The fraction of sp³-hybridized carbons (Fsp3) is 0.862. The van der Waals surface area contributed by atoms with E-state index in [1.165, 1.54) is 173 Å². The number of amides is 1. The topological polar surface area (TPSA) is 95.9 Å². The lowest BCUT2D eigenvalue weighted by Gasteiger charge is -2.24. The SMILES string of the molecule is CC/C=C/C/C=C/CCCCCCCCCC(=O)OC(CCCCCCC/C=C/CCCCCCCC)CC(=O)NC(CO)C(O)CCCCCCCCCCCCCCCCCC. The van der Waals surface area contributed by atoms with Crippen molar-refractivity contribution in [1.82, 2.24) is 5.32 Å². The average Bonchev–Trinajstić information content (AvgIpc) is 3.29. The highest BCUT2D eigenvalue weighted by Gasteiger charge is 2.24. The van der Waals surface area contributed by atoms with Gasteiger partial charge in [0, 0.05) is 6.42 Å². The molecule has 0 aromatic carbocycles. The Morgan fingerprint density at radius 2 is 0.844 bits per heavy atom. The third-order valence-electron chi connectivity index (χ3n) is 13.0. The molecule has 376 valence electrons. The second-order valence-corrected chi connectivity index (χ2v) is 19.3. The zero-order valence-electron chi connectivity index (χ0n) is 42.9.